The van der Waals surface area contributed by atoms with Gasteiger partial charge in [-0.05, 0) is 30.7 Å². The summed E-state index contributed by atoms with van der Waals surface area (Å²) < 4.78 is 0.915. The number of fused-ring (bicyclic) bond motifs is 1. The molecule has 4 nitrogen and oxygen atoms in total. The molecule has 1 amide bonds. The van der Waals surface area contributed by atoms with Gasteiger partial charge in [0.2, 0.25) is 5.91 Å². The molecule has 2 aromatic rings. The Labute approximate surface area is 162 Å². The molecule has 0 bridgehead atoms. The first kappa shape index (κ1) is 18.6. The van der Waals surface area contributed by atoms with Crippen molar-refractivity contribution in [1.29, 1.82) is 5.26 Å². The molecule has 3 rings (SSSR count). The SMILES string of the molecule is CC(SC1=Nc2ccccc2CS1)C(=O)N(CCC#N)c1ccccc1. The highest BCUT2D eigenvalue weighted by Crippen LogP contribution is 2.36. The van der Waals surface area contributed by atoms with Gasteiger partial charge in [-0.2, -0.15) is 5.26 Å². The normalized spacial score (nSPS) is 13.9. The first-order valence-corrected chi connectivity index (χ1v) is 10.2. The maximum atomic E-state index is 13.0. The quantitative estimate of drug-likeness (QED) is 0.732. The molecule has 0 N–H and O–H groups in total. The van der Waals surface area contributed by atoms with Crippen LogP contribution in [-0.4, -0.2) is 22.1 Å². The van der Waals surface area contributed by atoms with E-state index in [1.165, 1.54) is 17.3 Å². The Kier molecular flexibility index (Phi) is 6.37. The molecule has 26 heavy (non-hydrogen) atoms. The molecular formula is C20H19N3OS2. The third kappa shape index (κ3) is 4.48. The third-order valence-electron chi connectivity index (χ3n) is 3.96. The average Bonchev–Trinajstić information content (AvgIpc) is 2.69. The maximum absolute atomic E-state index is 13.0. The van der Waals surface area contributed by atoms with Crippen molar-refractivity contribution < 1.29 is 4.79 Å². The van der Waals surface area contributed by atoms with Gasteiger partial charge in [0.1, 0.15) is 4.38 Å². The van der Waals surface area contributed by atoms with Gasteiger partial charge in [-0.1, -0.05) is 59.9 Å². The van der Waals surface area contributed by atoms with Crippen LogP contribution in [0, 0.1) is 11.3 Å². The van der Waals surface area contributed by atoms with E-state index in [0.717, 1.165) is 21.5 Å². The average molecular weight is 382 g/mol. The Balaban J connectivity index is 1.73. The van der Waals surface area contributed by atoms with Crippen LogP contribution in [0.3, 0.4) is 0 Å². The van der Waals surface area contributed by atoms with E-state index in [-0.39, 0.29) is 11.2 Å². The van der Waals surface area contributed by atoms with Crippen molar-refractivity contribution >= 4 is 45.2 Å². The number of hydrogen-bond acceptors (Lipinski definition) is 5. The van der Waals surface area contributed by atoms with Crippen LogP contribution in [0.2, 0.25) is 0 Å². The van der Waals surface area contributed by atoms with E-state index in [1.54, 1.807) is 16.7 Å². The Hall–Kier alpha value is -2.23. The molecule has 0 saturated heterocycles. The molecule has 1 unspecified atom stereocenters. The molecule has 6 heteroatoms. The number of rotatable bonds is 5. The van der Waals surface area contributed by atoms with Crippen LogP contribution in [0.1, 0.15) is 18.9 Å². The van der Waals surface area contributed by atoms with Crippen molar-refractivity contribution in [2.24, 2.45) is 4.99 Å². The first-order valence-electron chi connectivity index (χ1n) is 8.38. The van der Waals surface area contributed by atoms with E-state index >= 15 is 0 Å². The van der Waals surface area contributed by atoms with Crippen molar-refractivity contribution in [2.45, 2.75) is 24.3 Å². The number of amides is 1. The van der Waals surface area contributed by atoms with Crippen LogP contribution in [-0.2, 0) is 10.5 Å². The van der Waals surface area contributed by atoms with Crippen LogP contribution in [0.25, 0.3) is 0 Å². The van der Waals surface area contributed by atoms with Crippen molar-refractivity contribution in [3.8, 4) is 6.07 Å². The summed E-state index contributed by atoms with van der Waals surface area (Å²) in [5, 5.41) is 8.65. The zero-order valence-electron chi connectivity index (χ0n) is 14.5. The zero-order valence-corrected chi connectivity index (χ0v) is 16.1. The molecular weight excluding hydrogens is 362 g/mol. The molecule has 0 aromatic heterocycles. The third-order valence-corrected chi connectivity index (χ3v) is 6.24. The van der Waals surface area contributed by atoms with Gasteiger partial charge in [0.15, 0.2) is 0 Å². The fourth-order valence-electron chi connectivity index (χ4n) is 2.63. The second kappa shape index (κ2) is 8.93. The molecule has 1 heterocycles. The summed E-state index contributed by atoms with van der Waals surface area (Å²) in [7, 11) is 0. The number of para-hydroxylation sites is 2. The molecule has 1 aliphatic rings. The molecule has 132 valence electrons. The second-order valence-electron chi connectivity index (χ2n) is 5.79. The van der Waals surface area contributed by atoms with Gasteiger partial charge in [0.25, 0.3) is 0 Å². The maximum Gasteiger partial charge on any atom is 0.240 e. The van der Waals surface area contributed by atoms with Crippen LogP contribution < -0.4 is 4.90 Å². The highest BCUT2D eigenvalue weighted by molar-refractivity contribution is 8.39. The fourth-order valence-corrected chi connectivity index (χ4v) is 4.88. The van der Waals surface area contributed by atoms with E-state index in [0.29, 0.717) is 13.0 Å². The van der Waals surface area contributed by atoms with E-state index < -0.39 is 0 Å². The molecule has 0 saturated carbocycles. The fraction of sp³-hybridized carbons (Fsp3) is 0.250. The monoisotopic (exact) mass is 381 g/mol. The number of carbonyl (C=O) groups is 1. The highest BCUT2D eigenvalue weighted by Gasteiger charge is 2.25. The van der Waals surface area contributed by atoms with E-state index in [1.807, 2.05) is 55.5 Å². The van der Waals surface area contributed by atoms with Gasteiger partial charge >= 0.3 is 0 Å². The summed E-state index contributed by atoms with van der Waals surface area (Å²) in [6.45, 7) is 2.30. The number of nitriles is 1. The Morgan fingerprint density at radius 1 is 1.27 bits per heavy atom. The predicted molar refractivity (Wildman–Crippen MR) is 111 cm³/mol. The minimum Gasteiger partial charge on any atom is -0.310 e. The molecule has 1 atom stereocenters. The zero-order chi connectivity index (χ0) is 18.4. The van der Waals surface area contributed by atoms with Gasteiger partial charge in [0, 0.05) is 18.0 Å². The topological polar surface area (TPSA) is 56.5 Å². The highest BCUT2D eigenvalue weighted by atomic mass is 32.2. The molecule has 0 fully saturated rings. The predicted octanol–water partition coefficient (Wildman–Crippen LogP) is 4.99. The van der Waals surface area contributed by atoms with Crippen molar-refractivity contribution in [3.63, 3.8) is 0 Å². The van der Waals surface area contributed by atoms with Gasteiger partial charge in [-0.3, -0.25) is 4.79 Å². The van der Waals surface area contributed by atoms with Gasteiger partial charge < -0.3 is 4.90 Å². The van der Waals surface area contributed by atoms with E-state index in [9.17, 15) is 4.79 Å². The summed E-state index contributed by atoms with van der Waals surface area (Å²) in [5.74, 6) is 0.873. The van der Waals surface area contributed by atoms with Crippen molar-refractivity contribution in [2.75, 3.05) is 11.4 Å². The van der Waals surface area contributed by atoms with Crippen LogP contribution in [0.15, 0.2) is 59.6 Å². The summed E-state index contributed by atoms with van der Waals surface area (Å²) in [6.07, 6.45) is 0.307. The lowest BCUT2D eigenvalue weighted by Crippen LogP contribution is -2.37. The molecule has 0 spiro atoms. The molecule has 2 aromatic carbocycles. The number of anilines is 1. The minimum absolute atomic E-state index is 0.00129. The number of thioether (sulfide) groups is 2. The van der Waals surface area contributed by atoms with Crippen LogP contribution >= 0.6 is 23.5 Å². The Morgan fingerprint density at radius 2 is 2.00 bits per heavy atom. The molecule has 0 aliphatic carbocycles. The summed E-state index contributed by atoms with van der Waals surface area (Å²) in [6, 6.07) is 19.7. The molecule has 1 aliphatic heterocycles. The van der Waals surface area contributed by atoms with Crippen LogP contribution in [0.5, 0.6) is 0 Å². The lowest BCUT2D eigenvalue weighted by Gasteiger charge is -2.25. The summed E-state index contributed by atoms with van der Waals surface area (Å²) in [4.78, 5) is 19.4. The van der Waals surface area contributed by atoms with Gasteiger partial charge in [0.05, 0.1) is 23.4 Å². The van der Waals surface area contributed by atoms with E-state index in [2.05, 4.69) is 17.1 Å². The number of benzene rings is 2. The Bertz CT molecular complexity index is 846. The largest absolute Gasteiger partial charge is 0.310 e. The van der Waals surface area contributed by atoms with Gasteiger partial charge in [-0.15, -0.1) is 0 Å². The molecule has 0 radical (unpaired) electrons. The van der Waals surface area contributed by atoms with Crippen molar-refractivity contribution in [3.05, 3.63) is 60.2 Å². The first-order chi connectivity index (χ1) is 12.7. The number of hydrogen-bond donors (Lipinski definition) is 0. The number of aliphatic imine (C=N–C) groups is 1. The lowest BCUT2D eigenvalue weighted by molar-refractivity contribution is -0.117. The minimum atomic E-state index is -0.273. The number of nitrogens with zero attached hydrogens (tertiary/aromatic N) is 3. The van der Waals surface area contributed by atoms with Crippen molar-refractivity contribution in [1.82, 2.24) is 0 Å². The number of carbonyl (C=O) groups excluding carboxylic acids is 1. The summed E-state index contributed by atoms with van der Waals surface area (Å²) >= 11 is 3.15. The summed E-state index contributed by atoms with van der Waals surface area (Å²) in [5.41, 5.74) is 3.03. The Morgan fingerprint density at radius 3 is 2.77 bits per heavy atom. The second-order valence-corrected chi connectivity index (χ2v) is 8.34. The standard InChI is InChI=1S/C20H19N3OS2/c1-15(26-20-22-18-11-6-5-8-16(18)14-25-20)19(24)23(13-7-12-21)17-9-3-2-4-10-17/h2-6,8-11,15H,7,13-14H2,1H3. The lowest BCUT2D eigenvalue weighted by atomic mass is 10.2. The van der Waals surface area contributed by atoms with E-state index in [4.69, 9.17) is 5.26 Å². The van der Waals surface area contributed by atoms with Crippen LogP contribution in [0.4, 0.5) is 11.4 Å². The van der Waals surface area contributed by atoms with Gasteiger partial charge in [-0.25, -0.2) is 4.99 Å². The smallest absolute Gasteiger partial charge is 0.240 e.